The average molecular weight is 286 g/mol. The van der Waals surface area contributed by atoms with Crippen LogP contribution in [0.5, 0.6) is 0 Å². The van der Waals surface area contributed by atoms with E-state index in [1.165, 1.54) is 10.7 Å². The zero-order valence-corrected chi connectivity index (χ0v) is 9.85. The monoisotopic (exact) mass is 285 g/mol. The van der Waals surface area contributed by atoms with Gasteiger partial charge in [-0.15, -0.1) is 5.10 Å². The van der Waals surface area contributed by atoms with Crippen molar-refractivity contribution in [2.45, 2.75) is 6.54 Å². The summed E-state index contributed by atoms with van der Waals surface area (Å²) in [5, 5.41) is 11.0. The molecular weight excluding hydrogens is 277 g/mol. The molecule has 16 heavy (non-hydrogen) atoms. The summed E-state index contributed by atoms with van der Waals surface area (Å²) in [6.45, 7) is 0.855. The third kappa shape index (κ3) is 2.10. The van der Waals surface area contributed by atoms with Crippen LogP contribution in [-0.4, -0.2) is 26.8 Å². The number of hydrogen-bond acceptors (Lipinski definition) is 4. The lowest BCUT2D eigenvalue weighted by atomic mass is 10.2. The molecule has 1 aromatic heterocycles. The SMILES string of the molecule is NCCn1nnnc1-c1ccc(Br)cc1F. The highest BCUT2D eigenvalue weighted by atomic mass is 79.9. The summed E-state index contributed by atoms with van der Waals surface area (Å²) < 4.78 is 15.8. The predicted molar refractivity (Wildman–Crippen MR) is 60.0 cm³/mol. The van der Waals surface area contributed by atoms with Crippen LogP contribution in [0.15, 0.2) is 22.7 Å². The first-order chi connectivity index (χ1) is 7.72. The quantitative estimate of drug-likeness (QED) is 0.920. The van der Waals surface area contributed by atoms with Crippen LogP contribution in [0, 0.1) is 5.82 Å². The molecule has 0 aliphatic carbocycles. The van der Waals surface area contributed by atoms with Crippen LogP contribution >= 0.6 is 15.9 Å². The summed E-state index contributed by atoms with van der Waals surface area (Å²) in [6.07, 6.45) is 0. The molecule has 0 amide bonds. The summed E-state index contributed by atoms with van der Waals surface area (Å²) in [4.78, 5) is 0. The lowest BCUT2D eigenvalue weighted by Crippen LogP contribution is -2.12. The topological polar surface area (TPSA) is 69.6 Å². The van der Waals surface area contributed by atoms with Crippen LogP contribution in [0.4, 0.5) is 4.39 Å². The number of nitrogens with two attached hydrogens (primary N) is 1. The van der Waals surface area contributed by atoms with Gasteiger partial charge in [-0.25, -0.2) is 9.07 Å². The van der Waals surface area contributed by atoms with E-state index in [1.54, 1.807) is 12.1 Å². The molecule has 0 unspecified atom stereocenters. The minimum Gasteiger partial charge on any atom is -0.329 e. The fraction of sp³-hybridized carbons (Fsp3) is 0.222. The van der Waals surface area contributed by atoms with E-state index < -0.39 is 0 Å². The van der Waals surface area contributed by atoms with Crippen LogP contribution in [0.3, 0.4) is 0 Å². The van der Waals surface area contributed by atoms with Crippen LogP contribution in [0.25, 0.3) is 11.4 Å². The maximum Gasteiger partial charge on any atom is 0.185 e. The molecule has 0 saturated carbocycles. The number of nitrogens with zero attached hydrogens (tertiary/aromatic N) is 4. The van der Waals surface area contributed by atoms with E-state index in [4.69, 9.17) is 5.73 Å². The van der Waals surface area contributed by atoms with E-state index in [0.717, 1.165) is 0 Å². The number of hydrogen-bond donors (Lipinski definition) is 1. The molecule has 2 aromatic rings. The van der Waals surface area contributed by atoms with Crippen molar-refractivity contribution in [3.63, 3.8) is 0 Å². The van der Waals surface area contributed by atoms with Gasteiger partial charge in [0.25, 0.3) is 0 Å². The smallest absolute Gasteiger partial charge is 0.185 e. The van der Waals surface area contributed by atoms with Gasteiger partial charge in [-0.1, -0.05) is 15.9 Å². The second-order valence-corrected chi connectivity index (χ2v) is 4.05. The van der Waals surface area contributed by atoms with Crippen LogP contribution in [0.2, 0.25) is 0 Å². The van der Waals surface area contributed by atoms with Gasteiger partial charge < -0.3 is 5.73 Å². The Labute approximate surface area is 99.6 Å². The molecule has 0 saturated heterocycles. The molecule has 0 aliphatic rings. The van der Waals surface area contributed by atoms with Gasteiger partial charge in [-0.3, -0.25) is 0 Å². The Morgan fingerprint density at radius 1 is 1.44 bits per heavy atom. The second kappa shape index (κ2) is 4.67. The zero-order valence-electron chi connectivity index (χ0n) is 8.27. The molecule has 5 nitrogen and oxygen atoms in total. The highest BCUT2D eigenvalue weighted by Crippen LogP contribution is 2.23. The van der Waals surface area contributed by atoms with Crippen molar-refractivity contribution in [3.8, 4) is 11.4 Å². The summed E-state index contributed by atoms with van der Waals surface area (Å²) in [6, 6.07) is 4.73. The number of benzene rings is 1. The first kappa shape index (κ1) is 11.2. The molecule has 0 aliphatic heterocycles. The molecule has 2 rings (SSSR count). The largest absolute Gasteiger partial charge is 0.329 e. The van der Waals surface area contributed by atoms with Gasteiger partial charge in [-0.2, -0.15) is 0 Å². The first-order valence-electron chi connectivity index (χ1n) is 4.64. The summed E-state index contributed by atoms with van der Waals surface area (Å²) >= 11 is 3.19. The molecular formula is C9H9BrFN5. The predicted octanol–water partition coefficient (Wildman–Crippen LogP) is 1.20. The van der Waals surface area contributed by atoms with Crippen LogP contribution in [-0.2, 0) is 6.54 Å². The van der Waals surface area contributed by atoms with Crippen molar-refractivity contribution < 1.29 is 4.39 Å². The molecule has 2 N–H and O–H groups in total. The Morgan fingerprint density at radius 2 is 2.25 bits per heavy atom. The van der Waals surface area contributed by atoms with Gasteiger partial charge in [0.1, 0.15) is 5.82 Å². The minimum atomic E-state index is -0.373. The van der Waals surface area contributed by atoms with E-state index in [1.807, 2.05) is 0 Å². The van der Waals surface area contributed by atoms with Crippen molar-refractivity contribution in [2.24, 2.45) is 5.73 Å². The third-order valence-electron chi connectivity index (χ3n) is 2.04. The Hall–Kier alpha value is -1.34. The third-order valence-corrected chi connectivity index (χ3v) is 2.54. The average Bonchev–Trinajstić information content (AvgIpc) is 2.67. The number of tetrazole rings is 1. The van der Waals surface area contributed by atoms with Crippen LogP contribution < -0.4 is 5.73 Å². The summed E-state index contributed by atoms with van der Waals surface area (Å²) in [5.74, 6) is 0.0119. The van der Waals surface area contributed by atoms with Crippen molar-refractivity contribution >= 4 is 15.9 Å². The van der Waals surface area contributed by atoms with Gasteiger partial charge in [0, 0.05) is 11.0 Å². The molecule has 0 atom stereocenters. The molecule has 1 heterocycles. The molecule has 0 radical (unpaired) electrons. The van der Waals surface area contributed by atoms with Crippen LogP contribution in [0.1, 0.15) is 0 Å². The minimum absolute atomic E-state index is 0.363. The summed E-state index contributed by atoms with van der Waals surface area (Å²) in [5.41, 5.74) is 5.77. The van der Waals surface area contributed by atoms with E-state index in [-0.39, 0.29) is 5.82 Å². The van der Waals surface area contributed by atoms with Gasteiger partial charge in [0.15, 0.2) is 5.82 Å². The normalized spacial score (nSPS) is 10.7. The highest BCUT2D eigenvalue weighted by molar-refractivity contribution is 9.10. The standard InChI is InChI=1S/C9H9BrFN5/c10-6-1-2-7(8(11)5-6)9-13-14-15-16(9)4-3-12/h1-2,5H,3-4,12H2. The first-order valence-corrected chi connectivity index (χ1v) is 5.43. The van der Waals surface area contributed by atoms with E-state index in [2.05, 4.69) is 31.5 Å². The molecule has 0 bridgehead atoms. The van der Waals surface area contributed by atoms with Crippen molar-refractivity contribution in [1.82, 2.24) is 20.2 Å². The Kier molecular flexibility index (Phi) is 3.25. The maximum absolute atomic E-state index is 13.7. The van der Waals surface area contributed by atoms with Gasteiger partial charge in [0.05, 0.1) is 12.1 Å². The number of halogens is 2. The number of aromatic nitrogens is 4. The molecule has 1 aromatic carbocycles. The van der Waals surface area contributed by atoms with Crippen molar-refractivity contribution in [3.05, 3.63) is 28.5 Å². The Morgan fingerprint density at radius 3 is 2.94 bits per heavy atom. The van der Waals surface area contributed by atoms with Gasteiger partial charge in [-0.05, 0) is 28.6 Å². The fourth-order valence-electron chi connectivity index (χ4n) is 1.34. The van der Waals surface area contributed by atoms with Crippen molar-refractivity contribution in [1.29, 1.82) is 0 Å². The molecule has 0 spiro atoms. The molecule has 84 valence electrons. The summed E-state index contributed by atoms with van der Waals surface area (Å²) in [7, 11) is 0. The lowest BCUT2D eigenvalue weighted by molar-refractivity contribution is 0.594. The Balaban J connectivity index is 2.46. The van der Waals surface area contributed by atoms with E-state index in [9.17, 15) is 4.39 Å². The van der Waals surface area contributed by atoms with Gasteiger partial charge >= 0.3 is 0 Å². The molecule has 7 heteroatoms. The van der Waals surface area contributed by atoms with E-state index >= 15 is 0 Å². The zero-order chi connectivity index (χ0) is 11.5. The maximum atomic E-state index is 13.7. The highest BCUT2D eigenvalue weighted by Gasteiger charge is 2.12. The van der Waals surface area contributed by atoms with E-state index in [0.29, 0.717) is 29.0 Å². The Bertz CT molecular complexity index is 498. The fourth-order valence-corrected chi connectivity index (χ4v) is 1.67. The number of rotatable bonds is 3. The van der Waals surface area contributed by atoms with Crippen molar-refractivity contribution in [2.75, 3.05) is 6.54 Å². The lowest BCUT2D eigenvalue weighted by Gasteiger charge is -2.04. The molecule has 0 fully saturated rings. The second-order valence-electron chi connectivity index (χ2n) is 3.14. The van der Waals surface area contributed by atoms with Gasteiger partial charge in [0.2, 0.25) is 0 Å².